The van der Waals surface area contributed by atoms with E-state index in [-0.39, 0.29) is 23.6 Å². The first kappa shape index (κ1) is 14.8. The number of hydrogen-bond acceptors (Lipinski definition) is 3. The van der Waals surface area contributed by atoms with Crippen LogP contribution in [0.2, 0.25) is 0 Å². The number of fused-ring (bicyclic) bond motifs is 1. The fourth-order valence-corrected chi connectivity index (χ4v) is 2.82. The summed E-state index contributed by atoms with van der Waals surface area (Å²) in [6.45, 7) is 3.61. The number of nitrogens with one attached hydrogen (secondary N) is 2. The highest BCUT2D eigenvalue weighted by molar-refractivity contribution is 7.87. The van der Waals surface area contributed by atoms with E-state index < -0.39 is 10.4 Å². The van der Waals surface area contributed by atoms with Crippen LogP contribution in [0.5, 0.6) is 0 Å². The fraction of sp³-hybridized carbons (Fsp3) is 0.462. The van der Waals surface area contributed by atoms with Gasteiger partial charge in [-0.2, -0.15) is 8.42 Å². The second-order valence-electron chi connectivity index (χ2n) is 5.17. The van der Waals surface area contributed by atoms with E-state index in [1.807, 2.05) is 10.8 Å². The third kappa shape index (κ3) is 3.27. The van der Waals surface area contributed by atoms with Gasteiger partial charge in [-0.3, -0.25) is 9.52 Å². The summed E-state index contributed by atoms with van der Waals surface area (Å²) in [7, 11) is -4.79. The molecular formula is C13H17FN2O3S. The molecule has 0 saturated carbocycles. The number of halogens is 1. The first-order valence-electron chi connectivity index (χ1n) is 6.42. The Balaban J connectivity index is 2.25. The van der Waals surface area contributed by atoms with E-state index in [1.54, 1.807) is 19.9 Å². The van der Waals surface area contributed by atoms with Gasteiger partial charge < -0.3 is 5.32 Å². The van der Waals surface area contributed by atoms with Crippen molar-refractivity contribution >= 4 is 22.0 Å². The summed E-state index contributed by atoms with van der Waals surface area (Å²) in [4.78, 5) is 11.7. The lowest BCUT2D eigenvalue weighted by Crippen LogP contribution is -2.30. The summed E-state index contributed by atoms with van der Waals surface area (Å²) in [5, 5.41) is 2.91. The Morgan fingerprint density at radius 2 is 2.10 bits per heavy atom. The van der Waals surface area contributed by atoms with Crippen LogP contribution < -0.4 is 10.0 Å². The molecule has 1 amide bonds. The molecule has 1 aliphatic rings. The Bertz CT molecular complexity index is 629. The molecule has 2 N–H and O–H groups in total. The average Bonchev–Trinajstić information content (AvgIpc) is 2.71. The summed E-state index contributed by atoms with van der Waals surface area (Å²) >= 11 is 0. The third-order valence-corrected chi connectivity index (χ3v) is 3.81. The van der Waals surface area contributed by atoms with Gasteiger partial charge in [-0.25, -0.2) is 0 Å². The number of carbonyl (C=O) groups excluding carboxylic acids is 1. The smallest absolute Gasteiger partial charge is 0.349 e. The largest absolute Gasteiger partial charge is 0.396 e. The number of benzene rings is 1. The Morgan fingerprint density at radius 3 is 2.70 bits per heavy atom. The van der Waals surface area contributed by atoms with Crippen LogP contribution in [0.25, 0.3) is 0 Å². The summed E-state index contributed by atoms with van der Waals surface area (Å²) < 4.78 is 36.0. The maximum atomic E-state index is 12.7. The predicted molar refractivity (Wildman–Crippen MR) is 74.1 cm³/mol. The number of amides is 1. The minimum absolute atomic E-state index is 0.0562. The van der Waals surface area contributed by atoms with Crippen LogP contribution in [0.4, 0.5) is 9.57 Å². The lowest BCUT2D eigenvalue weighted by molar-refractivity contribution is -0.124. The average molecular weight is 300 g/mol. The van der Waals surface area contributed by atoms with Crippen LogP contribution in [0.1, 0.15) is 37.4 Å². The van der Waals surface area contributed by atoms with E-state index in [1.165, 1.54) is 6.07 Å². The van der Waals surface area contributed by atoms with Crippen LogP contribution in [-0.4, -0.2) is 14.3 Å². The molecule has 1 unspecified atom stereocenters. The lowest BCUT2D eigenvalue weighted by atomic mass is 10.1. The van der Waals surface area contributed by atoms with Crippen LogP contribution in [0, 0.1) is 5.92 Å². The topological polar surface area (TPSA) is 75.3 Å². The quantitative estimate of drug-likeness (QED) is 0.836. The van der Waals surface area contributed by atoms with E-state index in [0.29, 0.717) is 12.8 Å². The van der Waals surface area contributed by atoms with Gasteiger partial charge >= 0.3 is 10.4 Å². The highest BCUT2D eigenvalue weighted by atomic mass is 32.3. The molecule has 0 saturated heterocycles. The molecule has 0 heterocycles. The Morgan fingerprint density at radius 1 is 1.40 bits per heavy atom. The van der Waals surface area contributed by atoms with Crippen LogP contribution >= 0.6 is 0 Å². The van der Waals surface area contributed by atoms with Crippen molar-refractivity contribution in [3.63, 3.8) is 0 Å². The maximum Gasteiger partial charge on any atom is 0.396 e. The molecule has 20 heavy (non-hydrogen) atoms. The molecule has 110 valence electrons. The summed E-state index contributed by atoms with van der Waals surface area (Å²) in [6, 6.07) is 4.84. The molecule has 0 bridgehead atoms. The molecule has 7 heteroatoms. The van der Waals surface area contributed by atoms with Gasteiger partial charge in [0.15, 0.2) is 0 Å². The minimum atomic E-state index is -4.79. The van der Waals surface area contributed by atoms with Gasteiger partial charge in [-0.1, -0.05) is 29.9 Å². The van der Waals surface area contributed by atoms with Crippen LogP contribution in [0.3, 0.4) is 0 Å². The van der Waals surface area contributed by atoms with Gasteiger partial charge in [0.1, 0.15) is 0 Å². The van der Waals surface area contributed by atoms with Crippen LogP contribution in [-0.2, 0) is 21.6 Å². The van der Waals surface area contributed by atoms with E-state index in [9.17, 15) is 17.1 Å². The molecule has 1 atom stereocenters. The maximum absolute atomic E-state index is 12.7. The second-order valence-corrected chi connectivity index (χ2v) is 6.25. The predicted octanol–water partition coefficient (Wildman–Crippen LogP) is 2.07. The van der Waals surface area contributed by atoms with E-state index >= 15 is 0 Å². The van der Waals surface area contributed by atoms with Gasteiger partial charge in [-0.15, -0.1) is 0 Å². The molecule has 5 nitrogen and oxygen atoms in total. The highest BCUT2D eigenvalue weighted by Crippen LogP contribution is 2.36. The molecule has 1 aromatic carbocycles. The highest BCUT2D eigenvalue weighted by Gasteiger charge is 2.27. The van der Waals surface area contributed by atoms with Crippen molar-refractivity contribution < 1.29 is 17.1 Å². The van der Waals surface area contributed by atoms with E-state index in [2.05, 4.69) is 5.32 Å². The standard InChI is InChI=1S/C13H17FN2O3S/c1-8(2)13(17)15-11-7-6-10-9(11)4-3-5-12(10)16-20(14,18)19/h3-5,8,11,16H,6-7H2,1-2H3,(H,15,17). The second kappa shape index (κ2) is 5.40. The summed E-state index contributed by atoms with van der Waals surface area (Å²) in [5.41, 5.74) is 1.82. The SMILES string of the molecule is CC(C)C(=O)NC1CCc2c(NS(=O)(=O)F)cccc21. The van der Waals surface area contributed by atoms with Gasteiger partial charge in [0.2, 0.25) is 5.91 Å². The van der Waals surface area contributed by atoms with Crippen LogP contribution in [0.15, 0.2) is 18.2 Å². The van der Waals surface area contributed by atoms with Gasteiger partial charge in [0, 0.05) is 5.92 Å². The van der Waals surface area contributed by atoms with Crippen molar-refractivity contribution in [2.45, 2.75) is 32.7 Å². The Kier molecular flexibility index (Phi) is 3.99. The summed E-state index contributed by atoms with van der Waals surface area (Å²) in [6.07, 6.45) is 1.27. The number of carbonyl (C=O) groups is 1. The zero-order valence-corrected chi connectivity index (χ0v) is 12.1. The van der Waals surface area contributed by atoms with Crippen molar-refractivity contribution in [2.75, 3.05) is 4.72 Å². The van der Waals surface area contributed by atoms with Crippen molar-refractivity contribution in [1.82, 2.24) is 5.32 Å². The van der Waals surface area contributed by atoms with Crippen molar-refractivity contribution in [3.05, 3.63) is 29.3 Å². The molecule has 0 radical (unpaired) electrons. The van der Waals surface area contributed by atoms with Gasteiger partial charge in [0.05, 0.1) is 11.7 Å². The molecule has 2 rings (SSSR count). The monoisotopic (exact) mass is 300 g/mol. The molecule has 0 fully saturated rings. The lowest BCUT2D eigenvalue weighted by Gasteiger charge is -2.16. The zero-order chi connectivity index (χ0) is 14.9. The minimum Gasteiger partial charge on any atom is -0.349 e. The normalized spacial score (nSPS) is 17.9. The molecule has 0 aliphatic heterocycles. The van der Waals surface area contributed by atoms with Gasteiger partial charge in [-0.05, 0) is 30.0 Å². The third-order valence-electron chi connectivity index (χ3n) is 3.34. The van der Waals surface area contributed by atoms with Gasteiger partial charge in [0.25, 0.3) is 0 Å². The first-order chi connectivity index (χ1) is 9.28. The zero-order valence-electron chi connectivity index (χ0n) is 11.3. The number of anilines is 1. The molecule has 1 aliphatic carbocycles. The first-order valence-corrected chi connectivity index (χ1v) is 7.81. The molecule has 0 aromatic heterocycles. The fourth-order valence-electron chi connectivity index (χ4n) is 2.37. The van der Waals surface area contributed by atoms with Crippen molar-refractivity contribution in [3.8, 4) is 0 Å². The Hall–Kier alpha value is -1.63. The van der Waals surface area contributed by atoms with E-state index in [0.717, 1.165) is 11.1 Å². The summed E-state index contributed by atoms with van der Waals surface area (Å²) in [5.74, 6) is -0.175. The van der Waals surface area contributed by atoms with Crippen molar-refractivity contribution in [2.24, 2.45) is 5.92 Å². The number of hydrogen-bond donors (Lipinski definition) is 2. The van der Waals surface area contributed by atoms with E-state index in [4.69, 9.17) is 0 Å². The molecular weight excluding hydrogens is 283 g/mol. The molecule has 1 aromatic rings. The molecule has 0 spiro atoms. The number of rotatable bonds is 4. The Labute approximate surface area is 117 Å². The van der Waals surface area contributed by atoms with Crippen molar-refractivity contribution in [1.29, 1.82) is 0 Å².